The van der Waals surface area contributed by atoms with Gasteiger partial charge in [0.2, 0.25) is 0 Å². The van der Waals surface area contributed by atoms with Crippen LogP contribution in [0.25, 0.3) is 0 Å². The summed E-state index contributed by atoms with van der Waals surface area (Å²) in [6, 6.07) is 0. The molecule has 0 spiro atoms. The predicted molar refractivity (Wildman–Crippen MR) is 51.2 cm³/mol. The van der Waals surface area contributed by atoms with Crippen LogP contribution in [-0.2, 0) is 0 Å². The number of hydrogen-bond donors (Lipinski definition) is 2. The monoisotopic (exact) mass is 181 g/mol. The first kappa shape index (κ1) is 9.84. The molecule has 1 heterocycles. The van der Waals surface area contributed by atoms with Crippen LogP contribution in [0.5, 0.6) is 5.75 Å². The van der Waals surface area contributed by atoms with Gasteiger partial charge in [-0.3, -0.25) is 4.79 Å². The van der Waals surface area contributed by atoms with Gasteiger partial charge in [0.25, 0.3) is 0 Å². The van der Waals surface area contributed by atoms with Crippen molar-refractivity contribution >= 4 is 5.78 Å². The molecule has 0 aromatic carbocycles. The molecule has 0 bridgehead atoms. The van der Waals surface area contributed by atoms with Crippen LogP contribution in [0.2, 0.25) is 0 Å². The fourth-order valence-corrected chi connectivity index (χ4v) is 1.28. The molecule has 1 aromatic rings. The van der Waals surface area contributed by atoms with Gasteiger partial charge < -0.3 is 10.1 Å². The van der Waals surface area contributed by atoms with E-state index in [1.807, 2.05) is 13.8 Å². The summed E-state index contributed by atoms with van der Waals surface area (Å²) in [7, 11) is 0. The molecule has 0 aliphatic heterocycles. The lowest BCUT2D eigenvalue weighted by molar-refractivity contribution is 0.101. The second-order valence-corrected chi connectivity index (χ2v) is 3.33. The third-order valence-corrected chi connectivity index (χ3v) is 2.37. The minimum Gasteiger partial charge on any atom is -0.505 e. The van der Waals surface area contributed by atoms with E-state index in [9.17, 15) is 9.90 Å². The maximum Gasteiger partial charge on any atom is 0.165 e. The lowest BCUT2D eigenvalue weighted by Gasteiger charge is -2.06. The van der Waals surface area contributed by atoms with E-state index in [-0.39, 0.29) is 17.5 Å². The summed E-state index contributed by atoms with van der Waals surface area (Å²) in [4.78, 5) is 13.9. The molecule has 72 valence electrons. The van der Waals surface area contributed by atoms with E-state index in [1.165, 1.54) is 6.92 Å². The standard InChI is InChI=1S/C10H15NO2/c1-4-6(2)9-10(13)8(5-11-9)7(3)12/h5-6,11,13H,4H2,1-3H3. The van der Waals surface area contributed by atoms with Crippen LogP contribution >= 0.6 is 0 Å². The Morgan fingerprint density at radius 1 is 1.69 bits per heavy atom. The number of Topliss-reactive ketones (excluding diaryl/α,β-unsaturated/α-hetero) is 1. The van der Waals surface area contributed by atoms with E-state index < -0.39 is 0 Å². The van der Waals surface area contributed by atoms with Crippen molar-refractivity contribution < 1.29 is 9.90 Å². The van der Waals surface area contributed by atoms with Crippen LogP contribution in [0, 0.1) is 0 Å². The number of ketones is 1. The number of aromatic nitrogens is 1. The zero-order valence-electron chi connectivity index (χ0n) is 8.22. The van der Waals surface area contributed by atoms with Gasteiger partial charge in [0.15, 0.2) is 5.78 Å². The fourth-order valence-electron chi connectivity index (χ4n) is 1.28. The van der Waals surface area contributed by atoms with Crippen molar-refractivity contribution in [1.82, 2.24) is 4.98 Å². The first-order valence-corrected chi connectivity index (χ1v) is 4.49. The molecule has 13 heavy (non-hydrogen) atoms. The van der Waals surface area contributed by atoms with Gasteiger partial charge in [0.1, 0.15) is 5.75 Å². The maximum atomic E-state index is 11.0. The molecule has 0 aliphatic carbocycles. The van der Waals surface area contributed by atoms with E-state index in [2.05, 4.69) is 4.98 Å². The SMILES string of the molecule is CCC(C)c1[nH]cc(C(C)=O)c1O. The molecule has 1 atom stereocenters. The van der Waals surface area contributed by atoms with Gasteiger partial charge in [-0.05, 0) is 19.3 Å². The normalized spacial score (nSPS) is 12.8. The van der Waals surface area contributed by atoms with E-state index in [4.69, 9.17) is 0 Å². The molecule has 2 N–H and O–H groups in total. The molecular formula is C10H15NO2. The fraction of sp³-hybridized carbons (Fsp3) is 0.500. The third-order valence-electron chi connectivity index (χ3n) is 2.37. The van der Waals surface area contributed by atoms with Crippen LogP contribution in [0.1, 0.15) is 49.2 Å². The third kappa shape index (κ3) is 1.74. The van der Waals surface area contributed by atoms with Gasteiger partial charge in [-0.1, -0.05) is 13.8 Å². The second kappa shape index (κ2) is 3.64. The van der Waals surface area contributed by atoms with Crippen LogP contribution in [0.15, 0.2) is 6.20 Å². The number of aromatic hydroxyl groups is 1. The summed E-state index contributed by atoms with van der Waals surface area (Å²) in [5, 5.41) is 9.65. The van der Waals surface area contributed by atoms with Gasteiger partial charge in [-0.2, -0.15) is 0 Å². The molecule has 0 saturated carbocycles. The minimum absolute atomic E-state index is 0.108. The molecule has 3 heteroatoms. The largest absolute Gasteiger partial charge is 0.505 e. The summed E-state index contributed by atoms with van der Waals surface area (Å²) in [6.45, 7) is 5.50. The Morgan fingerprint density at radius 2 is 2.31 bits per heavy atom. The number of H-pyrrole nitrogens is 1. The summed E-state index contributed by atoms with van der Waals surface area (Å²) >= 11 is 0. The Balaban J connectivity index is 3.06. The highest BCUT2D eigenvalue weighted by molar-refractivity contribution is 5.97. The van der Waals surface area contributed by atoms with E-state index >= 15 is 0 Å². The zero-order chi connectivity index (χ0) is 10.0. The Kier molecular flexibility index (Phi) is 2.76. The quantitative estimate of drug-likeness (QED) is 0.703. The molecular weight excluding hydrogens is 166 g/mol. The average molecular weight is 181 g/mol. The number of carbonyl (C=O) groups excluding carboxylic acids is 1. The maximum absolute atomic E-state index is 11.0. The smallest absolute Gasteiger partial charge is 0.165 e. The lowest BCUT2D eigenvalue weighted by Crippen LogP contribution is -1.92. The van der Waals surface area contributed by atoms with Gasteiger partial charge in [0.05, 0.1) is 11.3 Å². The van der Waals surface area contributed by atoms with Crippen LogP contribution in [0.4, 0.5) is 0 Å². The van der Waals surface area contributed by atoms with Crippen molar-refractivity contribution in [1.29, 1.82) is 0 Å². The van der Waals surface area contributed by atoms with Gasteiger partial charge in [-0.15, -0.1) is 0 Å². The molecule has 0 radical (unpaired) electrons. The average Bonchev–Trinajstić information content (AvgIpc) is 2.46. The highest BCUT2D eigenvalue weighted by atomic mass is 16.3. The molecule has 0 fully saturated rings. The first-order valence-electron chi connectivity index (χ1n) is 4.49. The van der Waals surface area contributed by atoms with Gasteiger partial charge >= 0.3 is 0 Å². The predicted octanol–water partition coefficient (Wildman–Crippen LogP) is 2.44. The summed E-state index contributed by atoms with van der Waals surface area (Å²) in [5.74, 6) is 0.262. The molecule has 3 nitrogen and oxygen atoms in total. The molecule has 1 unspecified atom stereocenters. The second-order valence-electron chi connectivity index (χ2n) is 3.33. The van der Waals surface area contributed by atoms with Crippen molar-refractivity contribution in [2.24, 2.45) is 0 Å². The van der Waals surface area contributed by atoms with Crippen molar-refractivity contribution in [3.63, 3.8) is 0 Å². The van der Waals surface area contributed by atoms with Crippen molar-refractivity contribution in [2.45, 2.75) is 33.1 Å². The molecule has 0 aliphatic rings. The number of aromatic amines is 1. The topological polar surface area (TPSA) is 53.1 Å². The summed E-state index contributed by atoms with van der Waals surface area (Å²) in [5.41, 5.74) is 1.14. The van der Waals surface area contributed by atoms with Crippen LogP contribution in [-0.4, -0.2) is 15.9 Å². The number of carbonyl (C=O) groups is 1. The Hall–Kier alpha value is -1.25. The zero-order valence-corrected chi connectivity index (χ0v) is 8.22. The summed E-state index contributed by atoms with van der Waals surface area (Å²) in [6.07, 6.45) is 2.50. The molecule has 1 aromatic heterocycles. The Labute approximate surface area is 77.8 Å². The molecule has 0 amide bonds. The lowest BCUT2D eigenvalue weighted by atomic mass is 10.0. The number of rotatable bonds is 3. The number of nitrogens with one attached hydrogen (secondary N) is 1. The summed E-state index contributed by atoms with van der Waals surface area (Å²) < 4.78 is 0. The molecule has 0 saturated heterocycles. The highest BCUT2D eigenvalue weighted by Gasteiger charge is 2.16. The van der Waals surface area contributed by atoms with Gasteiger partial charge in [0, 0.05) is 6.20 Å². The van der Waals surface area contributed by atoms with E-state index in [1.54, 1.807) is 6.20 Å². The minimum atomic E-state index is -0.108. The van der Waals surface area contributed by atoms with E-state index in [0.717, 1.165) is 12.1 Å². The Morgan fingerprint density at radius 3 is 2.69 bits per heavy atom. The van der Waals surface area contributed by atoms with E-state index in [0.29, 0.717) is 5.56 Å². The van der Waals surface area contributed by atoms with Gasteiger partial charge in [-0.25, -0.2) is 0 Å². The first-order chi connectivity index (χ1) is 6.07. The van der Waals surface area contributed by atoms with Crippen molar-refractivity contribution in [3.05, 3.63) is 17.5 Å². The van der Waals surface area contributed by atoms with Crippen LogP contribution in [0.3, 0.4) is 0 Å². The highest BCUT2D eigenvalue weighted by Crippen LogP contribution is 2.30. The Bertz CT molecular complexity index is 315. The van der Waals surface area contributed by atoms with Crippen molar-refractivity contribution in [2.75, 3.05) is 0 Å². The number of hydrogen-bond acceptors (Lipinski definition) is 2. The van der Waals surface area contributed by atoms with Crippen molar-refractivity contribution in [3.8, 4) is 5.75 Å². The molecule has 1 rings (SSSR count). The van der Waals surface area contributed by atoms with Crippen LogP contribution < -0.4 is 0 Å².